The molecule has 1 aliphatic rings. The molecule has 2 aromatic rings. The molecule has 1 fully saturated rings. The van der Waals surface area contributed by atoms with Gasteiger partial charge in [-0.1, -0.05) is 18.5 Å². The number of carbonyl (C=O) groups is 3. The van der Waals surface area contributed by atoms with Crippen LogP contribution in [-0.2, 0) is 4.79 Å². The van der Waals surface area contributed by atoms with Crippen molar-refractivity contribution in [2.75, 3.05) is 12.4 Å². The van der Waals surface area contributed by atoms with Crippen LogP contribution in [0.1, 0.15) is 79.2 Å². The Morgan fingerprint density at radius 1 is 1.15 bits per heavy atom. The van der Waals surface area contributed by atoms with E-state index in [-0.39, 0.29) is 59.6 Å². The van der Waals surface area contributed by atoms with Crippen LogP contribution in [0, 0.1) is 11.3 Å². The maximum atomic E-state index is 14.4. The Bertz CT molecular complexity index is 1320. The molecule has 0 spiro atoms. The first kappa shape index (κ1) is 29.7. The highest BCUT2D eigenvalue weighted by Crippen LogP contribution is 2.36. The van der Waals surface area contributed by atoms with Crippen LogP contribution >= 0.6 is 11.6 Å². The van der Waals surface area contributed by atoms with Gasteiger partial charge in [0, 0.05) is 16.6 Å². The Labute approximate surface area is 231 Å². The third kappa shape index (κ3) is 6.98. The number of anilines is 1. The summed E-state index contributed by atoms with van der Waals surface area (Å²) in [4.78, 5) is 37.6. The number of carbonyl (C=O) groups excluding carboxylic acids is 2. The van der Waals surface area contributed by atoms with Gasteiger partial charge in [0.2, 0.25) is 5.67 Å². The molecule has 0 saturated heterocycles. The molecule has 208 valence electrons. The molecule has 11 heteroatoms. The van der Waals surface area contributed by atoms with Gasteiger partial charge in [0.15, 0.2) is 0 Å². The molecule has 39 heavy (non-hydrogen) atoms. The zero-order valence-electron chi connectivity index (χ0n) is 22.2. The van der Waals surface area contributed by atoms with E-state index >= 15 is 0 Å². The number of benzene rings is 2. The first-order valence-corrected chi connectivity index (χ1v) is 12.8. The molecule has 3 N–H and O–H groups in total. The van der Waals surface area contributed by atoms with E-state index in [1.54, 1.807) is 6.07 Å². The van der Waals surface area contributed by atoms with E-state index in [1.807, 2.05) is 26.8 Å². The predicted molar refractivity (Wildman–Crippen MR) is 143 cm³/mol. The number of hydrogen-bond acceptors (Lipinski definition) is 6. The zero-order chi connectivity index (χ0) is 29.0. The summed E-state index contributed by atoms with van der Waals surface area (Å²) in [6.45, 7) is 5.70. The molecule has 9 nitrogen and oxygen atoms in total. The third-order valence-electron chi connectivity index (χ3n) is 6.88. The number of amides is 2. The Morgan fingerprint density at radius 3 is 2.38 bits per heavy atom. The van der Waals surface area contributed by atoms with Crippen LogP contribution in [0.3, 0.4) is 0 Å². The minimum Gasteiger partial charge on any atom is -0.496 e. The summed E-state index contributed by atoms with van der Waals surface area (Å²) < 4.78 is 25.7. The normalized spacial score (nSPS) is 18.9. The second-order valence-corrected chi connectivity index (χ2v) is 10.5. The van der Waals surface area contributed by atoms with Crippen molar-refractivity contribution in [3.8, 4) is 17.6 Å². The van der Waals surface area contributed by atoms with E-state index < -0.39 is 35.1 Å². The van der Waals surface area contributed by atoms with Gasteiger partial charge in [-0.05, 0) is 70.2 Å². The van der Waals surface area contributed by atoms with Crippen molar-refractivity contribution in [1.29, 1.82) is 5.26 Å². The van der Waals surface area contributed by atoms with Crippen LogP contribution in [0.5, 0.6) is 11.5 Å². The molecule has 2 aromatic carbocycles. The zero-order valence-corrected chi connectivity index (χ0v) is 22.9. The quantitative estimate of drug-likeness (QED) is 0.368. The van der Waals surface area contributed by atoms with Gasteiger partial charge in [0.25, 0.3) is 11.8 Å². The number of nitrogens with zero attached hydrogens (tertiary/aromatic N) is 1. The van der Waals surface area contributed by atoms with Gasteiger partial charge in [0.05, 0.1) is 35.6 Å². The van der Waals surface area contributed by atoms with E-state index in [1.165, 1.54) is 31.4 Å². The van der Waals surface area contributed by atoms with Crippen LogP contribution in [0.15, 0.2) is 30.3 Å². The van der Waals surface area contributed by atoms with Crippen molar-refractivity contribution in [2.45, 2.75) is 70.2 Å². The van der Waals surface area contributed by atoms with E-state index in [2.05, 4.69) is 10.6 Å². The molecule has 0 aromatic heterocycles. The van der Waals surface area contributed by atoms with Crippen molar-refractivity contribution in [1.82, 2.24) is 5.32 Å². The average molecular weight is 560 g/mol. The first-order valence-electron chi connectivity index (χ1n) is 12.5. The number of alkyl halides is 1. The van der Waals surface area contributed by atoms with E-state index in [9.17, 15) is 24.0 Å². The number of nitrogens with one attached hydrogen (secondary N) is 2. The molecule has 0 heterocycles. The second-order valence-electron chi connectivity index (χ2n) is 10.1. The van der Waals surface area contributed by atoms with Crippen molar-refractivity contribution in [2.24, 2.45) is 0 Å². The van der Waals surface area contributed by atoms with Gasteiger partial charge < -0.3 is 25.2 Å². The van der Waals surface area contributed by atoms with Gasteiger partial charge in [-0.15, -0.1) is 0 Å². The largest absolute Gasteiger partial charge is 0.496 e. The van der Waals surface area contributed by atoms with Crippen molar-refractivity contribution < 1.29 is 33.4 Å². The lowest BCUT2D eigenvalue weighted by molar-refractivity contribution is -0.154. The number of carboxylic acid groups (broad SMARTS) is 1. The number of ether oxygens (including phenoxy) is 2. The smallest absolute Gasteiger partial charge is 0.341 e. The Balaban J connectivity index is 1.90. The average Bonchev–Trinajstić information content (AvgIpc) is 2.89. The maximum absolute atomic E-state index is 14.4. The minimum atomic E-state index is -2.31. The number of hydrogen-bond donors (Lipinski definition) is 3. The molecule has 3 rings (SSSR count). The summed E-state index contributed by atoms with van der Waals surface area (Å²) in [5.74, 6) is -2.39. The highest BCUT2D eigenvalue weighted by Gasteiger charge is 2.43. The minimum absolute atomic E-state index is 0.0212. The molecule has 1 saturated carbocycles. The first-order chi connectivity index (χ1) is 18.3. The standard InChI is InChI=1S/C28H31ClFN3O6/c1-5-27(2,3)33-25(35)19-7-6-17(29)13-21(19)32-24(34)20-14-22(16(15-31)12-23(20)38-4)39-18-8-10-28(30,11-9-18)26(36)37/h6-7,12-14,18H,5,8-11H2,1-4H3,(H,32,34)(H,33,35)(H,36,37)/t18-,28-. The van der Waals surface area contributed by atoms with Crippen LogP contribution < -0.4 is 20.1 Å². The fourth-order valence-electron chi connectivity index (χ4n) is 4.12. The summed E-state index contributed by atoms with van der Waals surface area (Å²) in [6.07, 6.45) is -0.0791. The molecule has 0 bridgehead atoms. The number of aliphatic carboxylic acids is 1. The molecule has 0 radical (unpaired) electrons. The van der Waals surface area contributed by atoms with Crippen LogP contribution in [0.25, 0.3) is 0 Å². The number of rotatable bonds is 9. The predicted octanol–water partition coefficient (Wildman–Crippen LogP) is 5.51. The summed E-state index contributed by atoms with van der Waals surface area (Å²) in [5.41, 5.74) is -2.31. The summed E-state index contributed by atoms with van der Waals surface area (Å²) in [7, 11) is 1.34. The van der Waals surface area contributed by atoms with Crippen LogP contribution in [0.4, 0.5) is 10.1 Å². The highest BCUT2D eigenvalue weighted by molar-refractivity contribution is 6.31. The molecular weight excluding hydrogens is 529 g/mol. The van der Waals surface area contributed by atoms with Gasteiger partial charge in [-0.2, -0.15) is 5.26 Å². The summed E-state index contributed by atoms with van der Waals surface area (Å²) >= 11 is 6.16. The van der Waals surface area contributed by atoms with Crippen molar-refractivity contribution in [3.05, 3.63) is 52.0 Å². The SMILES string of the molecule is CCC(C)(C)NC(=O)c1ccc(Cl)cc1NC(=O)c1cc(O[C@H]2CC[C@@](F)(C(=O)O)CC2)c(C#N)cc1OC. The highest BCUT2D eigenvalue weighted by atomic mass is 35.5. The van der Waals surface area contributed by atoms with Crippen LogP contribution in [0.2, 0.25) is 5.02 Å². The number of carboxylic acids is 1. The lowest BCUT2D eigenvalue weighted by Gasteiger charge is -2.31. The van der Waals surface area contributed by atoms with Gasteiger partial charge >= 0.3 is 5.97 Å². The van der Waals surface area contributed by atoms with Gasteiger partial charge in [0.1, 0.15) is 17.6 Å². The Kier molecular flexibility index (Phi) is 9.07. The number of halogens is 2. The molecule has 0 atom stereocenters. The number of nitriles is 1. The van der Waals surface area contributed by atoms with Crippen LogP contribution in [-0.4, -0.2) is 47.3 Å². The lowest BCUT2D eigenvalue weighted by atomic mass is 9.85. The molecule has 0 unspecified atom stereocenters. The third-order valence-corrected chi connectivity index (χ3v) is 7.11. The Hall–Kier alpha value is -3.84. The summed E-state index contributed by atoms with van der Waals surface area (Å²) in [6, 6.07) is 9.18. The molecular formula is C28H31ClFN3O6. The van der Waals surface area contributed by atoms with Gasteiger partial charge in [-0.3, -0.25) is 9.59 Å². The maximum Gasteiger partial charge on any atom is 0.341 e. The second kappa shape index (κ2) is 11.9. The number of methoxy groups -OCH3 is 1. The molecule has 1 aliphatic carbocycles. The molecule has 0 aliphatic heterocycles. The van der Waals surface area contributed by atoms with Crippen molar-refractivity contribution in [3.63, 3.8) is 0 Å². The van der Waals surface area contributed by atoms with E-state index in [0.717, 1.165) is 0 Å². The summed E-state index contributed by atoms with van der Waals surface area (Å²) in [5, 5.41) is 24.7. The Morgan fingerprint density at radius 2 is 1.82 bits per heavy atom. The molecule has 2 amide bonds. The fraction of sp³-hybridized carbons (Fsp3) is 0.429. The fourth-order valence-corrected chi connectivity index (χ4v) is 4.29. The van der Waals surface area contributed by atoms with E-state index in [4.69, 9.17) is 26.2 Å². The van der Waals surface area contributed by atoms with E-state index in [0.29, 0.717) is 11.4 Å². The van der Waals surface area contributed by atoms with Gasteiger partial charge in [-0.25, -0.2) is 9.18 Å². The van der Waals surface area contributed by atoms with Crippen molar-refractivity contribution >= 4 is 35.1 Å². The topological polar surface area (TPSA) is 138 Å². The lowest BCUT2D eigenvalue weighted by Crippen LogP contribution is -2.43. The monoisotopic (exact) mass is 559 g/mol.